The summed E-state index contributed by atoms with van der Waals surface area (Å²) in [7, 11) is 3.02. The van der Waals surface area contributed by atoms with Crippen LogP contribution in [0.4, 0.5) is 0 Å². The van der Waals surface area contributed by atoms with Crippen molar-refractivity contribution in [3.63, 3.8) is 0 Å². The Kier molecular flexibility index (Phi) is 24.3. The van der Waals surface area contributed by atoms with E-state index in [1.807, 2.05) is 13.8 Å². The quantitative estimate of drug-likeness (QED) is 0.0358. The van der Waals surface area contributed by atoms with E-state index in [9.17, 15) is 19.5 Å². The molecule has 0 unspecified atom stereocenters. The largest absolute Gasteiger partial charge is 0.394 e. The van der Waals surface area contributed by atoms with Crippen molar-refractivity contribution in [2.45, 2.75) is 89.4 Å². The Morgan fingerprint density at radius 2 is 1.55 bits per heavy atom. The summed E-state index contributed by atoms with van der Waals surface area (Å²) in [5.41, 5.74) is 0.429. The number of allylic oxidation sites excluding steroid dienone is 10. The van der Waals surface area contributed by atoms with Gasteiger partial charge in [0.1, 0.15) is 0 Å². The molecule has 0 radical (unpaired) electrons. The van der Waals surface area contributed by atoms with Gasteiger partial charge in [-0.3, -0.25) is 19.4 Å². The maximum absolute atomic E-state index is 13.1. The number of hydrogen-bond acceptors (Lipinski definition) is 8. The Bertz CT molecular complexity index is 1170. The number of amides is 2. The molecule has 0 fully saturated rings. The van der Waals surface area contributed by atoms with Crippen molar-refractivity contribution < 1.29 is 24.6 Å². The number of rotatable bonds is 26. The van der Waals surface area contributed by atoms with E-state index < -0.39 is 23.4 Å². The SMILES string of the molecule is CC/C=C\C/C=C\C/C=C\C/C=C\C/C=C\CCCC(=O)NCCSSC(C)(C)[C@H](CC(=O)c1cccnc1)C(=O)NC[C@@H](O)CO. The molecule has 1 aromatic rings. The van der Waals surface area contributed by atoms with E-state index in [0.29, 0.717) is 24.3 Å². The Morgan fingerprint density at radius 1 is 0.936 bits per heavy atom. The lowest BCUT2D eigenvalue weighted by Crippen LogP contribution is -2.45. The number of Topliss-reactive ketones (excluding diaryl/α,β-unsaturated/α-hetero) is 1. The first kappa shape index (κ1) is 42.1. The van der Waals surface area contributed by atoms with E-state index >= 15 is 0 Å². The van der Waals surface area contributed by atoms with Gasteiger partial charge in [-0.2, -0.15) is 0 Å². The molecule has 0 aliphatic carbocycles. The molecule has 0 bridgehead atoms. The summed E-state index contributed by atoms with van der Waals surface area (Å²) in [6.07, 6.45) is 30.7. The number of aliphatic hydroxyl groups excluding tert-OH is 2. The lowest BCUT2D eigenvalue weighted by molar-refractivity contribution is -0.126. The first-order chi connectivity index (χ1) is 22.7. The van der Waals surface area contributed by atoms with Gasteiger partial charge in [0.15, 0.2) is 5.78 Å². The lowest BCUT2D eigenvalue weighted by Gasteiger charge is -2.32. The van der Waals surface area contributed by atoms with Crippen molar-refractivity contribution in [1.82, 2.24) is 15.6 Å². The van der Waals surface area contributed by atoms with Crippen molar-refractivity contribution in [1.29, 1.82) is 0 Å². The standard InChI is InChI=1S/C37H55N3O5S2/c1-4-5-6-7-8-9-10-11-12-13-14-15-16-17-18-19-20-23-35(44)39-25-26-46-47-37(2,3)33(36(45)40-29-32(42)30-41)27-34(43)31-22-21-24-38-28-31/h5-6,8-9,11-12,14-15,17-18,21-22,24,28,32-33,41-42H,4,7,10,13,16,19-20,23,25-27,29-30H2,1-3H3,(H,39,44)(H,40,45)/b6-5-,9-8-,12-11-,15-14-,18-17-/t32-,33-/m1/s1. The average Bonchev–Trinajstić information content (AvgIpc) is 3.07. The molecule has 1 aromatic heterocycles. The smallest absolute Gasteiger partial charge is 0.225 e. The van der Waals surface area contributed by atoms with Crippen LogP contribution in [0, 0.1) is 5.92 Å². The van der Waals surface area contributed by atoms with Crippen molar-refractivity contribution in [3.8, 4) is 0 Å². The summed E-state index contributed by atoms with van der Waals surface area (Å²) >= 11 is 0. The molecule has 8 nitrogen and oxygen atoms in total. The highest BCUT2D eigenvalue weighted by Crippen LogP contribution is 2.42. The molecule has 2 amide bonds. The van der Waals surface area contributed by atoms with Crippen LogP contribution in [-0.4, -0.2) is 69.1 Å². The van der Waals surface area contributed by atoms with Gasteiger partial charge in [0.05, 0.1) is 18.6 Å². The average molecular weight is 686 g/mol. The highest BCUT2D eigenvalue weighted by molar-refractivity contribution is 8.77. The van der Waals surface area contributed by atoms with E-state index in [0.717, 1.165) is 44.9 Å². The fourth-order valence-electron chi connectivity index (χ4n) is 4.21. The molecule has 47 heavy (non-hydrogen) atoms. The normalized spacial score (nSPS) is 13.7. The molecule has 0 aromatic carbocycles. The summed E-state index contributed by atoms with van der Waals surface area (Å²) in [6.45, 7) is 5.88. The molecule has 0 saturated carbocycles. The van der Waals surface area contributed by atoms with Gasteiger partial charge >= 0.3 is 0 Å². The second kappa shape index (κ2) is 27.1. The minimum Gasteiger partial charge on any atom is -0.394 e. The molecule has 0 aliphatic rings. The molecular formula is C37H55N3O5S2. The monoisotopic (exact) mass is 685 g/mol. The molecule has 1 heterocycles. The predicted octanol–water partition coefficient (Wildman–Crippen LogP) is 6.94. The molecule has 2 atom stereocenters. The third-order valence-corrected chi connectivity index (χ3v) is 10.3. The van der Waals surface area contributed by atoms with E-state index in [1.54, 1.807) is 18.3 Å². The number of carbonyl (C=O) groups is 3. The number of nitrogens with zero attached hydrogens (tertiary/aromatic N) is 1. The van der Waals surface area contributed by atoms with E-state index in [-0.39, 0.29) is 30.6 Å². The number of aliphatic hydroxyl groups is 2. The molecule has 10 heteroatoms. The van der Waals surface area contributed by atoms with Crippen molar-refractivity contribution in [2.75, 3.05) is 25.4 Å². The van der Waals surface area contributed by atoms with Crippen molar-refractivity contribution >= 4 is 39.2 Å². The van der Waals surface area contributed by atoms with Crippen molar-refractivity contribution in [3.05, 3.63) is 90.9 Å². The second-order valence-corrected chi connectivity index (χ2v) is 14.5. The molecular weight excluding hydrogens is 631 g/mol. The highest BCUT2D eigenvalue weighted by Gasteiger charge is 2.38. The van der Waals surface area contributed by atoms with Crippen LogP contribution >= 0.6 is 21.6 Å². The van der Waals surface area contributed by atoms with E-state index in [4.69, 9.17) is 5.11 Å². The maximum atomic E-state index is 13.1. The van der Waals surface area contributed by atoms with Crippen LogP contribution in [0.3, 0.4) is 0 Å². The van der Waals surface area contributed by atoms with Crippen LogP contribution in [0.25, 0.3) is 0 Å². The van der Waals surface area contributed by atoms with Gasteiger partial charge in [-0.25, -0.2) is 0 Å². The third-order valence-electron chi connectivity index (χ3n) is 6.96. The third kappa shape index (κ3) is 21.6. The minimum absolute atomic E-state index is 0.0176. The van der Waals surface area contributed by atoms with E-state index in [2.05, 4.69) is 83.3 Å². The number of ketones is 1. The van der Waals surface area contributed by atoms with Gasteiger partial charge in [-0.15, -0.1) is 0 Å². The summed E-state index contributed by atoms with van der Waals surface area (Å²) in [5, 5.41) is 24.4. The summed E-state index contributed by atoms with van der Waals surface area (Å²) in [5.74, 6) is -0.596. The number of unbranched alkanes of at least 4 members (excludes halogenated alkanes) is 1. The topological polar surface area (TPSA) is 129 Å². The fourth-order valence-corrected chi connectivity index (χ4v) is 6.85. The number of carbonyl (C=O) groups excluding carboxylic acids is 3. The van der Waals surface area contributed by atoms with Gasteiger partial charge in [0.25, 0.3) is 0 Å². The predicted molar refractivity (Wildman–Crippen MR) is 198 cm³/mol. The number of aromatic nitrogens is 1. The van der Waals surface area contributed by atoms with Crippen LogP contribution in [0.1, 0.15) is 88.9 Å². The molecule has 0 spiro atoms. The Balaban J connectivity index is 2.31. The van der Waals surface area contributed by atoms with Gasteiger partial charge in [-0.05, 0) is 70.9 Å². The second-order valence-electron chi connectivity index (χ2n) is 11.5. The molecule has 260 valence electrons. The maximum Gasteiger partial charge on any atom is 0.225 e. The van der Waals surface area contributed by atoms with Gasteiger partial charge in [0.2, 0.25) is 11.8 Å². The molecule has 4 N–H and O–H groups in total. The molecule has 1 rings (SSSR count). The van der Waals surface area contributed by atoms with Gasteiger partial charge in [-0.1, -0.05) is 89.3 Å². The van der Waals surface area contributed by atoms with Crippen LogP contribution in [0.2, 0.25) is 0 Å². The number of pyridine rings is 1. The Morgan fingerprint density at radius 3 is 2.13 bits per heavy atom. The summed E-state index contributed by atoms with van der Waals surface area (Å²) in [4.78, 5) is 42.3. The first-order valence-corrected chi connectivity index (χ1v) is 18.8. The van der Waals surface area contributed by atoms with Crippen molar-refractivity contribution in [2.24, 2.45) is 5.92 Å². The van der Waals surface area contributed by atoms with E-state index in [1.165, 1.54) is 27.8 Å². The summed E-state index contributed by atoms with van der Waals surface area (Å²) < 4.78 is -0.637. The minimum atomic E-state index is -1.07. The zero-order chi connectivity index (χ0) is 34.6. The van der Waals surface area contributed by atoms with Gasteiger partial charge in [0, 0.05) is 54.4 Å². The Labute approximate surface area is 290 Å². The van der Waals surface area contributed by atoms with Crippen LogP contribution in [-0.2, 0) is 9.59 Å². The zero-order valence-corrected chi connectivity index (χ0v) is 29.9. The van der Waals surface area contributed by atoms with Crippen LogP contribution < -0.4 is 10.6 Å². The highest BCUT2D eigenvalue weighted by atomic mass is 33.1. The lowest BCUT2D eigenvalue weighted by atomic mass is 9.87. The Hall–Kier alpha value is -2.92. The summed E-state index contributed by atoms with van der Waals surface area (Å²) in [6, 6.07) is 3.34. The van der Waals surface area contributed by atoms with Crippen LogP contribution in [0.15, 0.2) is 85.3 Å². The number of nitrogens with one attached hydrogen (secondary N) is 2. The van der Waals surface area contributed by atoms with Crippen LogP contribution in [0.5, 0.6) is 0 Å². The van der Waals surface area contributed by atoms with Gasteiger partial charge < -0.3 is 20.8 Å². The molecule has 0 aliphatic heterocycles. The first-order valence-electron chi connectivity index (χ1n) is 16.5. The zero-order valence-electron chi connectivity index (χ0n) is 28.3. The molecule has 0 saturated heterocycles. The number of hydrogen-bond donors (Lipinski definition) is 4. The fraction of sp³-hybridized carbons (Fsp3) is 0.514.